The first-order chi connectivity index (χ1) is 14.0. The predicted octanol–water partition coefficient (Wildman–Crippen LogP) is 2.76. The molecule has 1 fully saturated rings. The van der Waals surface area contributed by atoms with Crippen LogP contribution in [0.3, 0.4) is 0 Å². The van der Waals surface area contributed by atoms with E-state index >= 15 is 0 Å². The van der Waals surface area contributed by atoms with Crippen LogP contribution in [0.1, 0.15) is 45.1 Å². The zero-order chi connectivity index (χ0) is 21.1. The van der Waals surface area contributed by atoms with E-state index in [1.807, 2.05) is 33.2 Å². The minimum atomic E-state index is -0.712. The number of hydrogen-bond donors (Lipinski definition) is 2. The number of benzene rings is 1. The molecule has 6 nitrogen and oxygen atoms in total. The quantitative estimate of drug-likeness (QED) is 0.448. The maximum absolute atomic E-state index is 12.2. The molecule has 0 spiro atoms. The van der Waals surface area contributed by atoms with Gasteiger partial charge >= 0.3 is 0 Å². The Hall–Kier alpha value is -1.60. The van der Waals surface area contributed by atoms with E-state index in [1.54, 1.807) is 0 Å². The van der Waals surface area contributed by atoms with E-state index in [1.165, 1.54) is 0 Å². The monoisotopic (exact) mass is 422 g/mol. The first-order valence-corrected chi connectivity index (χ1v) is 12.2. The van der Waals surface area contributed by atoms with Crippen LogP contribution in [0.25, 0.3) is 0 Å². The molecule has 1 saturated carbocycles. The molecule has 164 valence electrons. The molecule has 1 aromatic carbocycles. The summed E-state index contributed by atoms with van der Waals surface area (Å²) in [5, 5.41) is 7.22. The molecule has 0 bridgehead atoms. The largest absolute Gasteiger partial charge is 0.492 e. The number of likely N-dealkylation sites (N-methyl/N-ethyl adjacent to an activating group) is 1. The average molecular weight is 423 g/mol. The summed E-state index contributed by atoms with van der Waals surface area (Å²) in [5.41, 5.74) is 1.12. The minimum Gasteiger partial charge on any atom is -0.492 e. The first kappa shape index (κ1) is 23.7. The van der Waals surface area contributed by atoms with Crippen LogP contribution in [-0.4, -0.2) is 65.9 Å². The third-order valence-electron chi connectivity index (χ3n) is 5.09. The molecule has 0 radical (unpaired) electrons. The summed E-state index contributed by atoms with van der Waals surface area (Å²) in [7, 11) is 3.37. The van der Waals surface area contributed by atoms with E-state index in [9.17, 15) is 4.21 Å². The summed E-state index contributed by atoms with van der Waals surface area (Å²) >= 11 is 0. The normalized spacial score (nSPS) is 21.1. The Morgan fingerprint density at radius 3 is 2.86 bits per heavy atom. The van der Waals surface area contributed by atoms with Crippen molar-refractivity contribution in [3.8, 4) is 5.75 Å². The van der Waals surface area contributed by atoms with Crippen LogP contribution in [-0.2, 0) is 17.3 Å². The van der Waals surface area contributed by atoms with Gasteiger partial charge in [-0.2, -0.15) is 0 Å². The molecule has 0 aromatic heterocycles. The number of nitrogens with one attached hydrogen (secondary N) is 2. The van der Waals surface area contributed by atoms with Crippen LogP contribution in [0.4, 0.5) is 0 Å². The third kappa shape index (κ3) is 8.74. The summed E-state index contributed by atoms with van der Waals surface area (Å²) in [5.74, 6) is 2.47. The summed E-state index contributed by atoms with van der Waals surface area (Å²) in [6.07, 6.45) is 4.27. The zero-order valence-electron chi connectivity index (χ0n) is 18.4. The average Bonchev–Trinajstić information content (AvgIpc) is 2.72. The van der Waals surface area contributed by atoms with Crippen LogP contribution < -0.4 is 15.4 Å². The highest BCUT2D eigenvalue weighted by molar-refractivity contribution is 7.85. The van der Waals surface area contributed by atoms with Gasteiger partial charge in [0.05, 0.1) is 6.54 Å². The highest BCUT2D eigenvalue weighted by atomic mass is 32.2. The van der Waals surface area contributed by atoms with Crippen molar-refractivity contribution in [1.29, 1.82) is 0 Å². The van der Waals surface area contributed by atoms with Gasteiger partial charge in [-0.25, -0.2) is 4.99 Å². The van der Waals surface area contributed by atoms with Gasteiger partial charge in [0.15, 0.2) is 5.96 Å². The number of aliphatic imine (C=N–C) groups is 1. The van der Waals surface area contributed by atoms with Crippen molar-refractivity contribution in [2.75, 3.05) is 39.5 Å². The van der Waals surface area contributed by atoms with E-state index in [-0.39, 0.29) is 0 Å². The van der Waals surface area contributed by atoms with E-state index in [0.717, 1.165) is 61.8 Å². The van der Waals surface area contributed by atoms with Crippen molar-refractivity contribution < 1.29 is 8.95 Å². The molecule has 7 heteroatoms. The highest BCUT2D eigenvalue weighted by Gasteiger charge is 2.26. The molecule has 0 heterocycles. The number of nitrogens with zero attached hydrogens (tertiary/aromatic N) is 2. The molecular formula is C22H38N4O2S. The lowest BCUT2D eigenvalue weighted by Crippen LogP contribution is -2.46. The molecule has 2 N–H and O–H groups in total. The van der Waals surface area contributed by atoms with E-state index in [2.05, 4.69) is 34.6 Å². The number of rotatable bonds is 10. The predicted molar refractivity (Wildman–Crippen MR) is 123 cm³/mol. The fraction of sp³-hybridized carbons (Fsp3) is 0.682. The second-order valence-electron chi connectivity index (χ2n) is 7.79. The van der Waals surface area contributed by atoms with Gasteiger partial charge in [0.1, 0.15) is 12.4 Å². The van der Waals surface area contributed by atoms with Crippen molar-refractivity contribution in [2.24, 2.45) is 4.99 Å². The molecule has 29 heavy (non-hydrogen) atoms. The summed E-state index contributed by atoms with van der Waals surface area (Å²) in [6.45, 7) is 7.06. The number of ether oxygens (including phenoxy) is 1. The molecule has 3 atom stereocenters. The Bertz CT molecular complexity index is 666. The Labute approximate surface area is 179 Å². The second-order valence-corrected chi connectivity index (χ2v) is 9.80. The third-order valence-corrected chi connectivity index (χ3v) is 6.83. The molecular weight excluding hydrogens is 384 g/mol. The van der Waals surface area contributed by atoms with Crippen LogP contribution in [0.2, 0.25) is 0 Å². The first-order valence-electron chi connectivity index (χ1n) is 10.8. The maximum Gasteiger partial charge on any atom is 0.191 e. The van der Waals surface area contributed by atoms with Gasteiger partial charge in [0.2, 0.25) is 0 Å². The number of guanidine groups is 1. The Kier molecular flexibility index (Phi) is 10.5. The summed E-state index contributed by atoms with van der Waals surface area (Å²) in [4.78, 5) is 6.88. The Morgan fingerprint density at radius 2 is 2.14 bits per heavy atom. The van der Waals surface area contributed by atoms with E-state index < -0.39 is 10.8 Å². The Morgan fingerprint density at radius 1 is 1.31 bits per heavy atom. The SMILES string of the molecule is CCNC(=NCc1cccc(OCCN(C)C)c1)NC1CCCC(S(=O)CC)C1. The second kappa shape index (κ2) is 12.9. The minimum absolute atomic E-state index is 0.310. The van der Waals surface area contributed by atoms with Crippen molar-refractivity contribution >= 4 is 16.8 Å². The van der Waals surface area contributed by atoms with Gasteiger partial charge in [0, 0.05) is 40.9 Å². The van der Waals surface area contributed by atoms with Gasteiger partial charge < -0.3 is 20.3 Å². The van der Waals surface area contributed by atoms with Gasteiger partial charge in [-0.05, 0) is 58.0 Å². The molecule has 1 aliphatic carbocycles. The summed E-state index contributed by atoms with van der Waals surface area (Å²) in [6, 6.07) is 8.48. The smallest absolute Gasteiger partial charge is 0.191 e. The lowest BCUT2D eigenvalue weighted by Gasteiger charge is -2.30. The van der Waals surface area contributed by atoms with Crippen molar-refractivity contribution in [1.82, 2.24) is 15.5 Å². The van der Waals surface area contributed by atoms with Crippen LogP contribution >= 0.6 is 0 Å². The van der Waals surface area contributed by atoms with Crippen molar-refractivity contribution in [3.63, 3.8) is 0 Å². The van der Waals surface area contributed by atoms with Crippen LogP contribution in [0, 0.1) is 0 Å². The molecule has 0 aliphatic heterocycles. The molecule has 1 aliphatic rings. The molecule has 3 unspecified atom stereocenters. The maximum atomic E-state index is 12.2. The van der Waals surface area contributed by atoms with Gasteiger partial charge in [-0.1, -0.05) is 25.5 Å². The fourth-order valence-electron chi connectivity index (χ4n) is 3.51. The van der Waals surface area contributed by atoms with E-state index in [0.29, 0.717) is 24.4 Å². The van der Waals surface area contributed by atoms with Crippen LogP contribution in [0.15, 0.2) is 29.3 Å². The van der Waals surface area contributed by atoms with Gasteiger partial charge in [-0.3, -0.25) is 4.21 Å². The Balaban J connectivity index is 1.93. The van der Waals surface area contributed by atoms with Crippen molar-refractivity contribution in [2.45, 2.75) is 57.4 Å². The molecule has 0 amide bonds. The lowest BCUT2D eigenvalue weighted by atomic mass is 9.95. The van der Waals surface area contributed by atoms with Gasteiger partial charge in [0.25, 0.3) is 0 Å². The molecule has 0 saturated heterocycles. The van der Waals surface area contributed by atoms with Crippen LogP contribution in [0.5, 0.6) is 5.75 Å². The van der Waals surface area contributed by atoms with E-state index in [4.69, 9.17) is 9.73 Å². The molecule has 1 aromatic rings. The van der Waals surface area contributed by atoms with Crippen molar-refractivity contribution in [3.05, 3.63) is 29.8 Å². The summed E-state index contributed by atoms with van der Waals surface area (Å²) < 4.78 is 18.0. The zero-order valence-corrected chi connectivity index (χ0v) is 19.3. The fourth-order valence-corrected chi connectivity index (χ4v) is 4.86. The highest BCUT2D eigenvalue weighted by Crippen LogP contribution is 2.23. The topological polar surface area (TPSA) is 66.0 Å². The standard InChI is InChI=1S/C22H38N4O2S/c1-5-23-22(25-19-10-8-12-21(16-19)29(27)6-2)24-17-18-9-7-11-20(15-18)28-14-13-26(3)4/h7,9,11,15,19,21H,5-6,8,10,12-14,16-17H2,1-4H3,(H2,23,24,25). The van der Waals surface area contributed by atoms with Gasteiger partial charge in [-0.15, -0.1) is 0 Å². The number of hydrogen-bond acceptors (Lipinski definition) is 4. The lowest BCUT2D eigenvalue weighted by molar-refractivity contribution is 0.261. The molecule has 2 rings (SSSR count).